The minimum absolute atomic E-state index is 0.159. The van der Waals surface area contributed by atoms with Gasteiger partial charge < -0.3 is 5.32 Å². The second kappa shape index (κ2) is 6.79. The van der Waals surface area contributed by atoms with Crippen LogP contribution < -0.4 is 5.32 Å². The number of halogens is 1. The number of benzene rings is 1. The molecular formula is C13H13BrN2O2S. The number of nitrogens with one attached hydrogen (secondary N) is 1. The second-order valence-corrected chi connectivity index (χ2v) is 5.78. The Morgan fingerprint density at radius 2 is 2.21 bits per heavy atom. The lowest BCUT2D eigenvalue weighted by Gasteiger charge is -2.05. The summed E-state index contributed by atoms with van der Waals surface area (Å²) in [7, 11) is 0. The van der Waals surface area contributed by atoms with Gasteiger partial charge >= 0.3 is 0 Å². The number of nitro benzene ring substituents is 1. The van der Waals surface area contributed by atoms with Gasteiger partial charge in [0.1, 0.15) is 0 Å². The van der Waals surface area contributed by atoms with Gasteiger partial charge in [0, 0.05) is 22.6 Å². The molecule has 0 aliphatic carbocycles. The van der Waals surface area contributed by atoms with Gasteiger partial charge in [-0.1, -0.05) is 15.9 Å². The van der Waals surface area contributed by atoms with Crippen molar-refractivity contribution in [3.05, 3.63) is 60.7 Å². The van der Waals surface area contributed by atoms with Crippen LogP contribution in [0, 0.1) is 10.1 Å². The lowest BCUT2D eigenvalue weighted by atomic mass is 10.1. The van der Waals surface area contributed by atoms with E-state index in [9.17, 15) is 10.1 Å². The zero-order valence-electron chi connectivity index (χ0n) is 10.1. The van der Waals surface area contributed by atoms with Crippen molar-refractivity contribution in [3.63, 3.8) is 0 Å². The zero-order chi connectivity index (χ0) is 13.7. The van der Waals surface area contributed by atoms with Gasteiger partial charge in [-0.05, 0) is 47.5 Å². The molecule has 19 heavy (non-hydrogen) atoms. The highest BCUT2D eigenvalue weighted by Crippen LogP contribution is 2.22. The lowest BCUT2D eigenvalue weighted by Crippen LogP contribution is -2.17. The van der Waals surface area contributed by atoms with Gasteiger partial charge in [0.25, 0.3) is 5.69 Å². The van der Waals surface area contributed by atoms with E-state index in [-0.39, 0.29) is 10.6 Å². The Labute approximate surface area is 123 Å². The van der Waals surface area contributed by atoms with Crippen LogP contribution in [0.4, 0.5) is 5.69 Å². The molecule has 0 saturated carbocycles. The molecule has 4 nitrogen and oxygen atoms in total. The first-order chi connectivity index (χ1) is 9.16. The minimum Gasteiger partial charge on any atom is -0.312 e. The summed E-state index contributed by atoms with van der Waals surface area (Å²) in [4.78, 5) is 10.6. The van der Waals surface area contributed by atoms with Crippen LogP contribution in [0.1, 0.15) is 11.1 Å². The molecule has 1 N–H and O–H groups in total. The second-order valence-electron chi connectivity index (χ2n) is 4.09. The van der Waals surface area contributed by atoms with Gasteiger partial charge in [-0.25, -0.2) is 0 Å². The van der Waals surface area contributed by atoms with Crippen molar-refractivity contribution in [2.75, 3.05) is 6.54 Å². The molecule has 2 rings (SSSR count). The van der Waals surface area contributed by atoms with E-state index in [1.54, 1.807) is 23.5 Å². The maximum absolute atomic E-state index is 10.9. The molecule has 1 heterocycles. The highest BCUT2D eigenvalue weighted by molar-refractivity contribution is 9.10. The van der Waals surface area contributed by atoms with Gasteiger partial charge in [-0.2, -0.15) is 11.3 Å². The smallest absolute Gasteiger partial charge is 0.273 e. The molecule has 0 aliphatic heterocycles. The molecule has 0 aliphatic rings. The van der Waals surface area contributed by atoms with Crippen molar-refractivity contribution in [1.82, 2.24) is 5.32 Å². The monoisotopic (exact) mass is 340 g/mol. The summed E-state index contributed by atoms with van der Waals surface area (Å²) < 4.78 is 0.854. The van der Waals surface area contributed by atoms with Crippen LogP contribution in [0.3, 0.4) is 0 Å². The van der Waals surface area contributed by atoms with E-state index < -0.39 is 0 Å². The molecule has 0 amide bonds. The topological polar surface area (TPSA) is 55.2 Å². The van der Waals surface area contributed by atoms with Crippen LogP contribution in [-0.4, -0.2) is 11.5 Å². The first-order valence-electron chi connectivity index (χ1n) is 5.81. The number of thiophene rings is 1. The van der Waals surface area contributed by atoms with Gasteiger partial charge in [-0.3, -0.25) is 10.1 Å². The number of nitrogens with zero attached hydrogens (tertiary/aromatic N) is 1. The fraction of sp³-hybridized carbons (Fsp3) is 0.231. The molecule has 0 radical (unpaired) electrons. The fourth-order valence-electron chi connectivity index (χ4n) is 1.76. The maximum Gasteiger partial charge on any atom is 0.273 e. The molecule has 6 heteroatoms. The third kappa shape index (κ3) is 4.12. The summed E-state index contributed by atoms with van der Waals surface area (Å²) in [6.07, 6.45) is 0.936. The minimum atomic E-state index is -0.345. The number of hydrogen-bond donors (Lipinski definition) is 1. The number of rotatable bonds is 6. The summed E-state index contributed by atoms with van der Waals surface area (Å²) >= 11 is 5.02. The summed E-state index contributed by atoms with van der Waals surface area (Å²) in [6, 6.07) is 7.09. The molecule has 0 saturated heterocycles. The molecule has 1 aromatic carbocycles. The molecule has 0 unspecified atom stereocenters. The van der Waals surface area contributed by atoms with E-state index in [1.165, 1.54) is 11.6 Å². The van der Waals surface area contributed by atoms with Crippen molar-refractivity contribution >= 4 is 33.0 Å². The van der Waals surface area contributed by atoms with E-state index in [1.807, 2.05) is 0 Å². The highest BCUT2D eigenvalue weighted by Gasteiger charge is 2.12. The van der Waals surface area contributed by atoms with Crippen molar-refractivity contribution in [3.8, 4) is 0 Å². The molecule has 100 valence electrons. The van der Waals surface area contributed by atoms with Crippen LogP contribution in [0.2, 0.25) is 0 Å². The average Bonchev–Trinajstić information content (AvgIpc) is 2.87. The fourth-order valence-corrected chi connectivity index (χ4v) is 2.88. The molecular weight excluding hydrogens is 328 g/mol. The van der Waals surface area contributed by atoms with Crippen molar-refractivity contribution in [2.24, 2.45) is 0 Å². The van der Waals surface area contributed by atoms with Crippen LogP contribution >= 0.6 is 27.3 Å². The van der Waals surface area contributed by atoms with E-state index in [0.717, 1.165) is 17.4 Å². The third-order valence-electron chi connectivity index (χ3n) is 2.72. The van der Waals surface area contributed by atoms with Crippen molar-refractivity contribution in [1.29, 1.82) is 0 Å². The molecule has 0 spiro atoms. The normalized spacial score (nSPS) is 10.6. The largest absolute Gasteiger partial charge is 0.312 e. The molecule has 2 aromatic rings. The van der Waals surface area contributed by atoms with Crippen LogP contribution in [0.5, 0.6) is 0 Å². The van der Waals surface area contributed by atoms with Gasteiger partial charge in [-0.15, -0.1) is 0 Å². The maximum atomic E-state index is 10.9. The quantitative estimate of drug-likeness (QED) is 0.495. The van der Waals surface area contributed by atoms with Crippen LogP contribution in [0.25, 0.3) is 0 Å². The van der Waals surface area contributed by atoms with E-state index in [4.69, 9.17) is 0 Å². The van der Waals surface area contributed by atoms with Crippen molar-refractivity contribution < 1.29 is 4.92 Å². The van der Waals surface area contributed by atoms with Gasteiger partial charge in [0.2, 0.25) is 0 Å². The Morgan fingerprint density at radius 1 is 1.37 bits per heavy atom. The van der Waals surface area contributed by atoms with Crippen molar-refractivity contribution in [2.45, 2.75) is 13.0 Å². The van der Waals surface area contributed by atoms with E-state index in [2.05, 4.69) is 38.1 Å². The van der Waals surface area contributed by atoms with Crippen LogP contribution in [0.15, 0.2) is 39.5 Å². The van der Waals surface area contributed by atoms with Crippen LogP contribution in [-0.2, 0) is 13.0 Å². The number of nitro groups is 1. The van der Waals surface area contributed by atoms with Gasteiger partial charge in [0.15, 0.2) is 0 Å². The SMILES string of the molecule is O=[N+]([O-])c1ccc(Br)cc1CNCCc1ccsc1. The molecule has 1 aromatic heterocycles. The third-order valence-corrected chi connectivity index (χ3v) is 3.95. The zero-order valence-corrected chi connectivity index (χ0v) is 12.5. The molecule has 0 atom stereocenters. The Kier molecular flexibility index (Phi) is 5.07. The predicted molar refractivity (Wildman–Crippen MR) is 80.5 cm³/mol. The van der Waals surface area contributed by atoms with E-state index in [0.29, 0.717) is 12.1 Å². The first kappa shape index (κ1) is 14.2. The summed E-state index contributed by atoms with van der Waals surface area (Å²) in [6.45, 7) is 1.31. The Bertz CT molecular complexity index is 558. The predicted octanol–water partition coefficient (Wildman–Crippen LogP) is 3.75. The standard InChI is InChI=1S/C13H13BrN2O2S/c14-12-1-2-13(16(17)18)11(7-12)8-15-5-3-10-4-6-19-9-10/h1-2,4,6-7,9,15H,3,5,8H2. The average molecular weight is 341 g/mol. The summed E-state index contributed by atoms with van der Waals surface area (Å²) in [5.74, 6) is 0. The van der Waals surface area contributed by atoms with Gasteiger partial charge in [0.05, 0.1) is 4.92 Å². The molecule has 0 fully saturated rings. The summed E-state index contributed by atoms with van der Waals surface area (Å²) in [5.41, 5.74) is 2.15. The Morgan fingerprint density at radius 3 is 2.89 bits per heavy atom. The Balaban J connectivity index is 1.91. The summed E-state index contributed by atoms with van der Waals surface area (Å²) in [5, 5.41) is 18.3. The lowest BCUT2D eigenvalue weighted by molar-refractivity contribution is -0.385. The first-order valence-corrected chi connectivity index (χ1v) is 7.55. The number of hydrogen-bond acceptors (Lipinski definition) is 4. The van der Waals surface area contributed by atoms with E-state index >= 15 is 0 Å². The molecule has 0 bridgehead atoms. The Hall–Kier alpha value is -1.24. The highest BCUT2D eigenvalue weighted by atomic mass is 79.9.